The fourth-order valence-electron chi connectivity index (χ4n) is 2.16. The Bertz CT molecular complexity index is 698. The highest BCUT2D eigenvalue weighted by atomic mass is 16.5. The molecule has 3 rings (SSSR count). The summed E-state index contributed by atoms with van der Waals surface area (Å²) in [5.41, 5.74) is 3.46. The third-order valence-corrected chi connectivity index (χ3v) is 3.23. The number of rotatable bonds is 3. The largest absolute Gasteiger partial charge is 0.497 e. The van der Waals surface area contributed by atoms with Gasteiger partial charge < -0.3 is 13.9 Å². The average molecular weight is 253 g/mol. The molecule has 0 unspecified atom stereocenters. The molecule has 3 nitrogen and oxygen atoms in total. The second-order valence-electron chi connectivity index (χ2n) is 4.36. The lowest BCUT2D eigenvalue weighted by Gasteiger charge is -2.00. The van der Waals surface area contributed by atoms with Crippen LogP contribution in [-0.4, -0.2) is 18.6 Å². The number of hydrogen-bond donors (Lipinski definition) is 0. The van der Waals surface area contributed by atoms with Crippen LogP contribution in [0.25, 0.3) is 16.6 Å². The first-order valence-electron chi connectivity index (χ1n) is 6.10. The summed E-state index contributed by atoms with van der Waals surface area (Å²) in [7, 11) is 3.35. The van der Waals surface area contributed by atoms with Crippen molar-refractivity contribution in [2.45, 2.75) is 0 Å². The van der Waals surface area contributed by atoms with E-state index in [0.717, 1.165) is 17.0 Å². The molecular weight excluding hydrogens is 238 g/mol. The summed E-state index contributed by atoms with van der Waals surface area (Å²) in [6, 6.07) is 14.2. The van der Waals surface area contributed by atoms with Crippen molar-refractivity contribution in [3.8, 4) is 22.6 Å². The molecule has 0 atom stereocenters. The van der Waals surface area contributed by atoms with Crippen LogP contribution in [0.5, 0.6) is 11.5 Å². The fraction of sp³-hybridized carbons (Fsp3) is 0.125. The van der Waals surface area contributed by atoms with Gasteiger partial charge in [-0.1, -0.05) is 12.1 Å². The van der Waals surface area contributed by atoms with E-state index in [-0.39, 0.29) is 0 Å². The molecule has 0 spiro atoms. The number of methoxy groups -OCH3 is 2. The smallest absolute Gasteiger partial charge is 0.122 e. The Morgan fingerprint density at radius 3 is 2.21 bits per heavy atom. The van der Waals surface area contributed by atoms with Gasteiger partial charge >= 0.3 is 0 Å². The third-order valence-electron chi connectivity index (χ3n) is 3.23. The van der Waals surface area contributed by atoms with E-state index in [2.05, 4.69) is 28.8 Å². The van der Waals surface area contributed by atoms with E-state index in [1.165, 1.54) is 11.1 Å². The van der Waals surface area contributed by atoms with Crippen LogP contribution in [0.15, 0.2) is 54.9 Å². The lowest BCUT2D eigenvalue weighted by atomic mass is 10.1. The highest BCUT2D eigenvalue weighted by Crippen LogP contribution is 2.26. The topological polar surface area (TPSA) is 22.9 Å². The number of ether oxygens (including phenoxy) is 2. The SMILES string of the molecule is COc1ccc(-c2cc3cc(OC)ccn3c2)cc1. The molecular formula is C16H15NO2. The lowest BCUT2D eigenvalue weighted by Crippen LogP contribution is -1.85. The van der Waals surface area contributed by atoms with Crippen molar-refractivity contribution in [3.05, 3.63) is 54.9 Å². The Labute approximate surface area is 112 Å². The summed E-state index contributed by atoms with van der Waals surface area (Å²) in [5, 5.41) is 0. The lowest BCUT2D eigenvalue weighted by molar-refractivity contribution is 0.414. The van der Waals surface area contributed by atoms with Gasteiger partial charge in [0.25, 0.3) is 0 Å². The van der Waals surface area contributed by atoms with Crippen molar-refractivity contribution in [2.75, 3.05) is 14.2 Å². The zero-order valence-electron chi connectivity index (χ0n) is 11.0. The molecule has 0 aliphatic rings. The first kappa shape index (κ1) is 11.7. The highest BCUT2D eigenvalue weighted by Gasteiger charge is 2.03. The molecule has 1 aromatic carbocycles. The minimum absolute atomic E-state index is 0.867. The van der Waals surface area contributed by atoms with Gasteiger partial charge in [-0.25, -0.2) is 0 Å². The monoisotopic (exact) mass is 253 g/mol. The first-order valence-corrected chi connectivity index (χ1v) is 6.10. The zero-order chi connectivity index (χ0) is 13.2. The van der Waals surface area contributed by atoms with Crippen LogP contribution in [0.4, 0.5) is 0 Å². The van der Waals surface area contributed by atoms with Gasteiger partial charge in [-0.05, 0) is 29.8 Å². The minimum atomic E-state index is 0.867. The maximum absolute atomic E-state index is 5.24. The van der Waals surface area contributed by atoms with Crippen molar-refractivity contribution in [2.24, 2.45) is 0 Å². The van der Waals surface area contributed by atoms with Crippen molar-refractivity contribution in [1.82, 2.24) is 4.40 Å². The summed E-state index contributed by atoms with van der Waals surface area (Å²) in [6.07, 6.45) is 4.11. The number of benzene rings is 1. The van der Waals surface area contributed by atoms with E-state index in [1.54, 1.807) is 14.2 Å². The van der Waals surface area contributed by atoms with Crippen LogP contribution in [0.3, 0.4) is 0 Å². The number of pyridine rings is 1. The summed E-state index contributed by atoms with van der Waals surface area (Å²) < 4.78 is 12.5. The van der Waals surface area contributed by atoms with Gasteiger partial charge in [-0.3, -0.25) is 0 Å². The second kappa shape index (κ2) is 4.69. The number of hydrogen-bond acceptors (Lipinski definition) is 2. The van der Waals surface area contributed by atoms with E-state index < -0.39 is 0 Å². The third kappa shape index (κ3) is 2.15. The Balaban J connectivity index is 2.04. The van der Waals surface area contributed by atoms with Gasteiger partial charge in [0, 0.05) is 29.5 Å². The molecule has 0 aliphatic heterocycles. The maximum Gasteiger partial charge on any atom is 0.122 e. The molecule has 2 heterocycles. The van der Waals surface area contributed by atoms with Crippen LogP contribution >= 0.6 is 0 Å². The summed E-state index contributed by atoms with van der Waals surface area (Å²) in [4.78, 5) is 0. The molecule has 3 heteroatoms. The quantitative estimate of drug-likeness (QED) is 0.711. The molecule has 0 saturated heterocycles. The minimum Gasteiger partial charge on any atom is -0.497 e. The predicted molar refractivity (Wildman–Crippen MR) is 75.9 cm³/mol. The molecule has 0 fully saturated rings. The Morgan fingerprint density at radius 1 is 0.789 bits per heavy atom. The summed E-state index contributed by atoms with van der Waals surface area (Å²) in [5.74, 6) is 1.74. The Hall–Kier alpha value is -2.42. The maximum atomic E-state index is 5.24. The molecule has 0 bridgehead atoms. The first-order chi connectivity index (χ1) is 9.30. The normalized spacial score (nSPS) is 10.6. The fourth-order valence-corrected chi connectivity index (χ4v) is 2.16. The molecule has 0 N–H and O–H groups in total. The van der Waals surface area contributed by atoms with E-state index in [1.807, 2.05) is 30.5 Å². The van der Waals surface area contributed by atoms with Crippen LogP contribution in [0.2, 0.25) is 0 Å². The number of fused-ring (bicyclic) bond motifs is 1. The van der Waals surface area contributed by atoms with Crippen LogP contribution in [-0.2, 0) is 0 Å². The molecule has 2 aromatic heterocycles. The molecule has 0 amide bonds. The van der Waals surface area contributed by atoms with E-state index in [9.17, 15) is 0 Å². The molecule has 0 radical (unpaired) electrons. The van der Waals surface area contributed by atoms with E-state index >= 15 is 0 Å². The zero-order valence-corrected chi connectivity index (χ0v) is 11.0. The molecule has 0 aliphatic carbocycles. The molecule has 19 heavy (non-hydrogen) atoms. The van der Waals surface area contributed by atoms with Crippen LogP contribution in [0, 0.1) is 0 Å². The molecule has 96 valence electrons. The highest BCUT2D eigenvalue weighted by molar-refractivity contribution is 5.71. The average Bonchev–Trinajstić information content (AvgIpc) is 2.90. The van der Waals surface area contributed by atoms with E-state index in [0.29, 0.717) is 0 Å². The van der Waals surface area contributed by atoms with Crippen LogP contribution < -0.4 is 9.47 Å². The summed E-state index contributed by atoms with van der Waals surface area (Å²) in [6.45, 7) is 0. The van der Waals surface area contributed by atoms with Gasteiger partial charge in [0.2, 0.25) is 0 Å². The number of nitrogens with zero attached hydrogens (tertiary/aromatic N) is 1. The second-order valence-corrected chi connectivity index (χ2v) is 4.36. The predicted octanol–water partition coefficient (Wildman–Crippen LogP) is 3.62. The Morgan fingerprint density at radius 2 is 1.53 bits per heavy atom. The van der Waals surface area contributed by atoms with E-state index in [4.69, 9.17) is 9.47 Å². The van der Waals surface area contributed by atoms with Gasteiger partial charge in [-0.15, -0.1) is 0 Å². The van der Waals surface area contributed by atoms with Gasteiger partial charge in [0.05, 0.1) is 14.2 Å². The summed E-state index contributed by atoms with van der Waals surface area (Å²) >= 11 is 0. The van der Waals surface area contributed by atoms with Crippen LogP contribution in [0.1, 0.15) is 0 Å². The Kier molecular flexibility index (Phi) is 2.88. The number of aromatic nitrogens is 1. The van der Waals surface area contributed by atoms with Gasteiger partial charge in [0.1, 0.15) is 11.5 Å². The molecule has 3 aromatic rings. The van der Waals surface area contributed by atoms with Gasteiger partial charge in [0.15, 0.2) is 0 Å². The molecule has 0 saturated carbocycles. The van der Waals surface area contributed by atoms with Crippen molar-refractivity contribution >= 4 is 5.52 Å². The standard InChI is InChI=1S/C16H15NO2/c1-18-15-5-3-12(4-6-15)13-9-14-10-16(19-2)7-8-17(14)11-13/h3-11H,1-2H3. The van der Waals surface area contributed by atoms with Crippen molar-refractivity contribution in [3.63, 3.8) is 0 Å². The van der Waals surface area contributed by atoms with Gasteiger partial charge in [-0.2, -0.15) is 0 Å². The van der Waals surface area contributed by atoms with Crippen molar-refractivity contribution in [1.29, 1.82) is 0 Å². The van der Waals surface area contributed by atoms with Crippen molar-refractivity contribution < 1.29 is 9.47 Å².